The van der Waals surface area contributed by atoms with Crippen LogP contribution in [-0.4, -0.2) is 18.8 Å². The number of rotatable bonds is 2. The van der Waals surface area contributed by atoms with Gasteiger partial charge < -0.3 is 14.8 Å². The summed E-state index contributed by atoms with van der Waals surface area (Å²) in [6.45, 7) is 2.98. The smallest absolute Gasteiger partial charge is 0.132 e. The molecular formula is C18H19NO2. The molecule has 2 aliphatic rings. The van der Waals surface area contributed by atoms with Crippen LogP contribution < -0.4 is 10.1 Å². The minimum Gasteiger partial charge on any atom is -0.457 e. The Morgan fingerprint density at radius 2 is 1.57 bits per heavy atom. The van der Waals surface area contributed by atoms with Gasteiger partial charge in [0.05, 0.1) is 12.1 Å². The highest BCUT2D eigenvalue weighted by molar-refractivity contribution is 5.52. The summed E-state index contributed by atoms with van der Waals surface area (Å²) >= 11 is 0. The maximum Gasteiger partial charge on any atom is 0.132 e. The zero-order valence-electron chi connectivity index (χ0n) is 12.1. The third-order valence-corrected chi connectivity index (χ3v) is 4.44. The lowest BCUT2D eigenvalue weighted by molar-refractivity contribution is 0.111. The Morgan fingerprint density at radius 1 is 0.952 bits per heavy atom. The first-order valence-electron chi connectivity index (χ1n) is 7.56. The number of nitrogens with one attached hydrogen (secondary N) is 1. The summed E-state index contributed by atoms with van der Waals surface area (Å²) in [7, 11) is 0. The third-order valence-electron chi connectivity index (χ3n) is 4.44. The van der Waals surface area contributed by atoms with Crippen molar-refractivity contribution in [3.63, 3.8) is 0 Å². The minimum atomic E-state index is 0.167. The van der Waals surface area contributed by atoms with E-state index in [1.165, 1.54) is 11.1 Å². The number of hydrogen-bond acceptors (Lipinski definition) is 3. The Morgan fingerprint density at radius 3 is 2.14 bits per heavy atom. The summed E-state index contributed by atoms with van der Waals surface area (Å²) in [6, 6.07) is 17.1. The van der Waals surface area contributed by atoms with Crippen LogP contribution in [0, 0.1) is 0 Å². The Kier molecular flexibility index (Phi) is 3.17. The van der Waals surface area contributed by atoms with Crippen molar-refractivity contribution in [2.24, 2.45) is 0 Å². The highest BCUT2D eigenvalue weighted by Gasteiger charge is 2.32. The molecule has 0 radical (unpaired) electrons. The fraction of sp³-hybridized carbons (Fsp3) is 0.333. The first-order valence-corrected chi connectivity index (χ1v) is 7.56. The Hall–Kier alpha value is -1.84. The van der Waals surface area contributed by atoms with Crippen LogP contribution in [-0.2, 0) is 4.74 Å². The highest BCUT2D eigenvalue weighted by atomic mass is 16.5. The quantitative estimate of drug-likeness (QED) is 0.911. The molecule has 2 unspecified atom stereocenters. The maximum atomic E-state index is 6.03. The van der Waals surface area contributed by atoms with E-state index in [9.17, 15) is 0 Å². The van der Waals surface area contributed by atoms with Crippen LogP contribution in [0.15, 0.2) is 48.5 Å². The van der Waals surface area contributed by atoms with Crippen molar-refractivity contribution in [1.82, 2.24) is 5.32 Å². The number of benzene rings is 2. The fourth-order valence-corrected chi connectivity index (χ4v) is 3.25. The van der Waals surface area contributed by atoms with E-state index in [2.05, 4.69) is 36.5 Å². The predicted molar refractivity (Wildman–Crippen MR) is 81.8 cm³/mol. The molecule has 0 aliphatic carbocycles. The zero-order valence-corrected chi connectivity index (χ0v) is 12.1. The molecule has 1 N–H and O–H groups in total. The number of ether oxygens (including phenoxy) is 2. The van der Waals surface area contributed by atoms with Crippen LogP contribution in [0.2, 0.25) is 0 Å². The SMILES string of the molecule is CC1OCCC1NC1c2ccccc2Oc2ccccc21. The van der Waals surface area contributed by atoms with E-state index in [0.717, 1.165) is 24.5 Å². The van der Waals surface area contributed by atoms with Crippen LogP contribution in [0.25, 0.3) is 0 Å². The Bertz CT molecular complexity index is 610. The lowest BCUT2D eigenvalue weighted by Crippen LogP contribution is -2.38. The van der Waals surface area contributed by atoms with Gasteiger partial charge in [-0.2, -0.15) is 0 Å². The van der Waals surface area contributed by atoms with Crippen molar-refractivity contribution in [1.29, 1.82) is 0 Å². The molecule has 2 heterocycles. The second-order valence-electron chi connectivity index (χ2n) is 5.75. The maximum absolute atomic E-state index is 6.03. The second-order valence-corrected chi connectivity index (χ2v) is 5.75. The van der Waals surface area contributed by atoms with Gasteiger partial charge in [-0.1, -0.05) is 36.4 Å². The highest BCUT2D eigenvalue weighted by Crippen LogP contribution is 2.43. The van der Waals surface area contributed by atoms with Gasteiger partial charge in [0.25, 0.3) is 0 Å². The molecule has 2 aromatic rings. The van der Waals surface area contributed by atoms with Crippen molar-refractivity contribution in [3.8, 4) is 11.5 Å². The van der Waals surface area contributed by atoms with Gasteiger partial charge in [0, 0.05) is 23.8 Å². The van der Waals surface area contributed by atoms with Crippen LogP contribution in [0.3, 0.4) is 0 Å². The normalized spacial score (nSPS) is 24.2. The molecule has 3 nitrogen and oxygen atoms in total. The van der Waals surface area contributed by atoms with Gasteiger partial charge in [0.2, 0.25) is 0 Å². The topological polar surface area (TPSA) is 30.5 Å². The number of hydrogen-bond donors (Lipinski definition) is 1. The molecule has 2 aromatic carbocycles. The standard InChI is InChI=1S/C18H19NO2/c1-12-15(10-11-20-12)19-18-13-6-2-4-8-16(13)21-17-9-5-3-7-14(17)18/h2-9,12,15,18-19H,10-11H2,1H3. The number of para-hydroxylation sites is 2. The molecule has 2 atom stereocenters. The van der Waals surface area contributed by atoms with Gasteiger partial charge in [-0.25, -0.2) is 0 Å². The van der Waals surface area contributed by atoms with E-state index in [-0.39, 0.29) is 12.1 Å². The number of fused-ring (bicyclic) bond motifs is 2. The molecule has 0 amide bonds. The van der Waals surface area contributed by atoms with Crippen molar-refractivity contribution in [2.45, 2.75) is 31.5 Å². The van der Waals surface area contributed by atoms with Crippen molar-refractivity contribution in [2.75, 3.05) is 6.61 Å². The summed E-state index contributed by atoms with van der Waals surface area (Å²) in [5.41, 5.74) is 2.41. The van der Waals surface area contributed by atoms with Crippen LogP contribution in [0.5, 0.6) is 11.5 Å². The molecule has 4 rings (SSSR count). The molecule has 3 heteroatoms. The van der Waals surface area contributed by atoms with Gasteiger partial charge >= 0.3 is 0 Å². The van der Waals surface area contributed by atoms with Gasteiger partial charge in [-0.15, -0.1) is 0 Å². The monoisotopic (exact) mass is 281 g/mol. The molecular weight excluding hydrogens is 262 g/mol. The summed E-state index contributed by atoms with van der Waals surface area (Å²) in [5.74, 6) is 1.89. The van der Waals surface area contributed by atoms with E-state index >= 15 is 0 Å². The molecule has 2 aliphatic heterocycles. The first kappa shape index (κ1) is 12.9. The van der Waals surface area contributed by atoms with Gasteiger partial charge in [0.1, 0.15) is 11.5 Å². The first-order chi connectivity index (χ1) is 10.3. The van der Waals surface area contributed by atoms with E-state index in [1.54, 1.807) is 0 Å². The average Bonchev–Trinajstić information content (AvgIpc) is 2.92. The minimum absolute atomic E-state index is 0.167. The molecule has 0 spiro atoms. The zero-order chi connectivity index (χ0) is 14.2. The Balaban J connectivity index is 1.74. The fourth-order valence-electron chi connectivity index (χ4n) is 3.25. The van der Waals surface area contributed by atoms with Crippen molar-refractivity contribution < 1.29 is 9.47 Å². The van der Waals surface area contributed by atoms with Crippen molar-refractivity contribution >= 4 is 0 Å². The molecule has 0 saturated carbocycles. The molecule has 108 valence electrons. The van der Waals surface area contributed by atoms with Gasteiger partial charge in [-0.3, -0.25) is 0 Å². The molecule has 0 aromatic heterocycles. The summed E-state index contributed by atoms with van der Waals surface area (Å²) in [5, 5.41) is 3.77. The van der Waals surface area contributed by atoms with Gasteiger partial charge in [0.15, 0.2) is 0 Å². The third kappa shape index (κ3) is 2.23. The lowest BCUT2D eigenvalue weighted by atomic mass is 9.93. The Labute approximate surface area is 124 Å². The van der Waals surface area contributed by atoms with Crippen LogP contribution in [0.1, 0.15) is 30.5 Å². The van der Waals surface area contributed by atoms with E-state index in [4.69, 9.17) is 9.47 Å². The van der Waals surface area contributed by atoms with E-state index < -0.39 is 0 Å². The molecule has 1 fully saturated rings. The summed E-state index contributed by atoms with van der Waals surface area (Å²) < 4.78 is 11.7. The van der Waals surface area contributed by atoms with E-state index in [1.807, 2.05) is 24.3 Å². The largest absolute Gasteiger partial charge is 0.457 e. The lowest BCUT2D eigenvalue weighted by Gasteiger charge is -2.31. The predicted octanol–water partition coefficient (Wildman–Crippen LogP) is 3.65. The molecule has 21 heavy (non-hydrogen) atoms. The van der Waals surface area contributed by atoms with Gasteiger partial charge in [-0.05, 0) is 25.5 Å². The summed E-state index contributed by atoms with van der Waals surface area (Å²) in [4.78, 5) is 0. The molecule has 0 bridgehead atoms. The average molecular weight is 281 g/mol. The summed E-state index contributed by atoms with van der Waals surface area (Å²) in [6.07, 6.45) is 1.32. The second kappa shape index (κ2) is 5.17. The van der Waals surface area contributed by atoms with Crippen molar-refractivity contribution in [3.05, 3.63) is 59.7 Å². The van der Waals surface area contributed by atoms with Crippen LogP contribution in [0.4, 0.5) is 0 Å². The van der Waals surface area contributed by atoms with E-state index in [0.29, 0.717) is 6.04 Å². The molecule has 1 saturated heterocycles. The van der Waals surface area contributed by atoms with Crippen LogP contribution >= 0.6 is 0 Å².